The van der Waals surface area contributed by atoms with E-state index in [2.05, 4.69) is 0 Å². The zero-order chi connectivity index (χ0) is 28.9. The fourth-order valence-corrected chi connectivity index (χ4v) is 4.91. The SMILES string of the molecule is O=c1cc(-c2ccc(O)cc2)oc2c([C@@H]3O[C@H](CO)[C@@H](O[C@@H]4OC[C@H](O)[C@H](O)[C@H]4O)[C@H](O)[C@H]3O)c(O)cc(O)c12. The molecule has 0 saturated carbocycles. The van der Waals surface area contributed by atoms with Gasteiger partial charge in [0.25, 0.3) is 0 Å². The summed E-state index contributed by atoms with van der Waals surface area (Å²) in [6.45, 7) is -1.20. The Labute approximate surface area is 225 Å². The molecule has 2 aromatic carbocycles. The molecule has 5 rings (SSSR count). The number of phenols is 3. The first-order valence-electron chi connectivity index (χ1n) is 12.3. The van der Waals surface area contributed by atoms with Gasteiger partial charge in [-0.3, -0.25) is 4.79 Å². The first-order chi connectivity index (χ1) is 19.0. The Morgan fingerprint density at radius 2 is 1.57 bits per heavy atom. The molecule has 2 fully saturated rings. The van der Waals surface area contributed by atoms with Crippen LogP contribution in [-0.2, 0) is 14.2 Å². The number of phenolic OH excluding ortho intramolecular Hbond substituents is 3. The molecule has 216 valence electrons. The van der Waals surface area contributed by atoms with Gasteiger partial charge >= 0.3 is 0 Å². The summed E-state index contributed by atoms with van der Waals surface area (Å²) in [7, 11) is 0. The second-order valence-electron chi connectivity index (χ2n) is 9.66. The van der Waals surface area contributed by atoms with Crippen molar-refractivity contribution in [2.45, 2.75) is 55.1 Å². The van der Waals surface area contributed by atoms with Gasteiger partial charge in [-0.15, -0.1) is 0 Å². The highest BCUT2D eigenvalue weighted by Gasteiger charge is 2.50. The van der Waals surface area contributed by atoms with Gasteiger partial charge in [0, 0.05) is 17.7 Å². The molecule has 14 nitrogen and oxygen atoms in total. The fourth-order valence-electron chi connectivity index (χ4n) is 4.91. The van der Waals surface area contributed by atoms with E-state index in [0.717, 1.165) is 12.1 Å². The van der Waals surface area contributed by atoms with Crippen LogP contribution in [0.3, 0.4) is 0 Å². The van der Waals surface area contributed by atoms with Gasteiger partial charge in [-0.25, -0.2) is 0 Å². The van der Waals surface area contributed by atoms with E-state index in [1.165, 1.54) is 24.3 Å². The number of benzene rings is 2. The molecular formula is C26H28O14. The van der Waals surface area contributed by atoms with Crippen molar-refractivity contribution in [1.29, 1.82) is 0 Å². The normalized spacial score (nSPS) is 32.8. The topological polar surface area (TPSA) is 240 Å². The highest BCUT2D eigenvalue weighted by Crippen LogP contribution is 2.44. The van der Waals surface area contributed by atoms with Gasteiger partial charge in [0.1, 0.15) is 77.2 Å². The van der Waals surface area contributed by atoms with Gasteiger partial charge in [0.05, 0.1) is 18.8 Å². The van der Waals surface area contributed by atoms with Crippen LogP contribution in [0.2, 0.25) is 0 Å². The molecule has 3 aromatic rings. The minimum absolute atomic E-state index is 0.0151. The Morgan fingerprint density at radius 3 is 2.25 bits per heavy atom. The van der Waals surface area contributed by atoms with Crippen molar-refractivity contribution >= 4 is 11.0 Å². The number of aliphatic hydroxyl groups excluding tert-OH is 6. The van der Waals surface area contributed by atoms with E-state index in [0.29, 0.717) is 5.56 Å². The van der Waals surface area contributed by atoms with Crippen LogP contribution in [0.1, 0.15) is 11.7 Å². The molecule has 14 heteroatoms. The van der Waals surface area contributed by atoms with Crippen molar-refractivity contribution in [2.75, 3.05) is 13.2 Å². The quantitative estimate of drug-likeness (QED) is 0.172. The number of hydrogen-bond donors (Lipinski definition) is 9. The average Bonchev–Trinajstić information content (AvgIpc) is 2.92. The third kappa shape index (κ3) is 4.89. The van der Waals surface area contributed by atoms with E-state index in [1.54, 1.807) is 0 Å². The van der Waals surface area contributed by atoms with Crippen molar-refractivity contribution in [3.63, 3.8) is 0 Å². The minimum atomic E-state index is -1.88. The molecule has 0 bridgehead atoms. The summed E-state index contributed by atoms with van der Waals surface area (Å²) in [4.78, 5) is 13.0. The summed E-state index contributed by atoms with van der Waals surface area (Å²) in [6.07, 6.45) is -14.6. The summed E-state index contributed by atoms with van der Waals surface area (Å²) in [5.41, 5.74) is -1.04. The third-order valence-electron chi connectivity index (χ3n) is 7.04. The number of ether oxygens (including phenoxy) is 3. The van der Waals surface area contributed by atoms with Gasteiger partial charge in [-0.05, 0) is 24.3 Å². The summed E-state index contributed by atoms with van der Waals surface area (Å²) < 4.78 is 22.4. The first kappa shape index (κ1) is 28.2. The number of hydrogen-bond acceptors (Lipinski definition) is 14. The van der Waals surface area contributed by atoms with Crippen LogP contribution in [-0.4, -0.2) is 108 Å². The molecule has 2 saturated heterocycles. The van der Waals surface area contributed by atoms with Gasteiger partial charge in [-0.2, -0.15) is 0 Å². The van der Waals surface area contributed by atoms with Crippen molar-refractivity contribution in [2.24, 2.45) is 0 Å². The Kier molecular flexibility index (Phi) is 7.71. The van der Waals surface area contributed by atoms with E-state index < -0.39 is 85.3 Å². The summed E-state index contributed by atoms with van der Waals surface area (Å²) in [6, 6.07) is 7.54. The molecule has 0 amide bonds. The minimum Gasteiger partial charge on any atom is -0.508 e. The zero-order valence-electron chi connectivity index (χ0n) is 20.6. The predicted molar refractivity (Wildman–Crippen MR) is 132 cm³/mol. The van der Waals surface area contributed by atoms with Crippen LogP contribution in [0.5, 0.6) is 17.2 Å². The number of aliphatic hydroxyl groups is 6. The van der Waals surface area contributed by atoms with Crippen LogP contribution in [0.25, 0.3) is 22.3 Å². The summed E-state index contributed by atoms with van der Waals surface area (Å²) >= 11 is 0. The highest BCUT2D eigenvalue weighted by molar-refractivity contribution is 5.89. The van der Waals surface area contributed by atoms with Gasteiger partial charge in [0.15, 0.2) is 17.3 Å². The lowest BCUT2D eigenvalue weighted by atomic mass is 9.89. The zero-order valence-corrected chi connectivity index (χ0v) is 20.6. The second kappa shape index (κ2) is 10.9. The largest absolute Gasteiger partial charge is 0.508 e. The first-order valence-corrected chi connectivity index (χ1v) is 12.3. The Balaban J connectivity index is 1.54. The third-order valence-corrected chi connectivity index (χ3v) is 7.04. The molecule has 2 aliphatic heterocycles. The molecule has 3 heterocycles. The van der Waals surface area contributed by atoms with E-state index in [1.807, 2.05) is 0 Å². The lowest BCUT2D eigenvalue weighted by Gasteiger charge is -2.45. The maximum Gasteiger partial charge on any atom is 0.197 e. The van der Waals surface area contributed by atoms with Crippen molar-refractivity contribution in [1.82, 2.24) is 0 Å². The van der Waals surface area contributed by atoms with Crippen LogP contribution in [0, 0.1) is 0 Å². The van der Waals surface area contributed by atoms with Crippen LogP contribution >= 0.6 is 0 Å². The van der Waals surface area contributed by atoms with E-state index >= 15 is 0 Å². The fraction of sp³-hybridized carbons (Fsp3) is 0.423. The van der Waals surface area contributed by atoms with Gasteiger partial charge < -0.3 is 64.6 Å². The van der Waals surface area contributed by atoms with Crippen molar-refractivity contribution in [3.05, 3.63) is 52.2 Å². The predicted octanol–water partition coefficient (Wildman–Crippen LogP) is -1.44. The standard InChI is InChI=1S/C26H28O14/c27-7-16-23(40-26-22(36)19(33)14(32)8-37-26)20(34)21(35)25(39-16)18-12(30)5-11(29)17-13(31)6-15(38-24(17)18)9-1-3-10(28)4-2-9/h1-6,14,16,19-23,25-30,32-36H,7-8H2/t14-,16+,19-,20+,21+,22+,23+,25-,26-/m0/s1. The van der Waals surface area contributed by atoms with Crippen molar-refractivity contribution in [3.8, 4) is 28.6 Å². The average molecular weight is 564 g/mol. The molecule has 0 unspecified atom stereocenters. The number of fused-ring (bicyclic) bond motifs is 1. The monoisotopic (exact) mass is 564 g/mol. The van der Waals surface area contributed by atoms with Crippen LogP contribution < -0.4 is 5.43 Å². The molecular weight excluding hydrogens is 536 g/mol. The lowest BCUT2D eigenvalue weighted by Crippen LogP contribution is -2.61. The Hall–Kier alpha value is -3.31. The summed E-state index contributed by atoms with van der Waals surface area (Å²) in [5.74, 6) is -1.35. The second-order valence-corrected chi connectivity index (χ2v) is 9.66. The van der Waals surface area contributed by atoms with E-state index in [9.17, 15) is 50.8 Å². The highest BCUT2D eigenvalue weighted by atomic mass is 16.7. The Morgan fingerprint density at radius 1 is 0.875 bits per heavy atom. The smallest absolute Gasteiger partial charge is 0.197 e. The number of rotatable bonds is 5. The maximum absolute atomic E-state index is 13.0. The van der Waals surface area contributed by atoms with Crippen molar-refractivity contribution < 1.29 is 64.6 Å². The van der Waals surface area contributed by atoms with Gasteiger partial charge in [-0.1, -0.05) is 0 Å². The molecule has 40 heavy (non-hydrogen) atoms. The van der Waals surface area contributed by atoms with Gasteiger partial charge in [0.2, 0.25) is 0 Å². The van der Waals surface area contributed by atoms with Crippen LogP contribution in [0.4, 0.5) is 0 Å². The molecule has 0 spiro atoms. The molecule has 2 aliphatic rings. The lowest BCUT2D eigenvalue weighted by molar-refractivity contribution is -0.325. The molecule has 9 N–H and O–H groups in total. The Bertz CT molecular complexity index is 1420. The van der Waals surface area contributed by atoms with E-state index in [4.69, 9.17) is 18.6 Å². The summed E-state index contributed by atoms with van der Waals surface area (Å²) in [5, 5.41) is 92.2. The molecule has 1 aromatic heterocycles. The molecule has 9 atom stereocenters. The van der Waals surface area contributed by atoms with E-state index in [-0.39, 0.29) is 28.0 Å². The molecule has 0 radical (unpaired) electrons. The molecule has 0 aliphatic carbocycles. The number of aromatic hydroxyl groups is 3. The maximum atomic E-state index is 13.0. The van der Waals surface area contributed by atoms with Crippen LogP contribution in [0.15, 0.2) is 45.6 Å².